The third-order valence-corrected chi connectivity index (χ3v) is 7.63. The number of aliphatic carboxylic acids is 1. The summed E-state index contributed by atoms with van der Waals surface area (Å²) in [6, 6.07) is 24.3. The predicted octanol–water partition coefficient (Wildman–Crippen LogP) is 4.49. The molecule has 0 saturated carbocycles. The van der Waals surface area contributed by atoms with Crippen LogP contribution in [-0.2, 0) is 14.4 Å². The maximum absolute atomic E-state index is 13.1. The van der Waals surface area contributed by atoms with E-state index < -0.39 is 17.9 Å². The van der Waals surface area contributed by atoms with Crippen molar-refractivity contribution in [3.05, 3.63) is 83.9 Å². The summed E-state index contributed by atoms with van der Waals surface area (Å²) in [4.78, 5) is 37.7. The van der Waals surface area contributed by atoms with Gasteiger partial charge in [-0.2, -0.15) is 0 Å². The molecule has 2 amide bonds. The van der Waals surface area contributed by atoms with Gasteiger partial charge in [-0.05, 0) is 54.1 Å². The van der Waals surface area contributed by atoms with Gasteiger partial charge in [-0.15, -0.1) is 0 Å². The molecular formula is C31H37N3O4. The average Bonchev–Trinajstić information content (AvgIpc) is 2.93. The van der Waals surface area contributed by atoms with Gasteiger partial charge in [0.2, 0.25) is 11.8 Å². The summed E-state index contributed by atoms with van der Waals surface area (Å²) in [7, 11) is 0. The Kier molecular flexibility index (Phi) is 9.13. The number of carbonyl (C=O) groups excluding carboxylic acids is 2. The molecular weight excluding hydrogens is 478 g/mol. The van der Waals surface area contributed by atoms with Crippen LogP contribution in [0.5, 0.6) is 0 Å². The van der Waals surface area contributed by atoms with Gasteiger partial charge in [0, 0.05) is 38.4 Å². The highest BCUT2D eigenvalue weighted by atomic mass is 16.4. The first-order chi connectivity index (χ1) is 18.3. The van der Waals surface area contributed by atoms with Gasteiger partial charge in [0.05, 0.1) is 0 Å². The van der Waals surface area contributed by atoms with E-state index >= 15 is 0 Å². The molecule has 0 aliphatic carbocycles. The molecule has 7 nitrogen and oxygen atoms in total. The summed E-state index contributed by atoms with van der Waals surface area (Å²) in [6.07, 6.45) is 1.02. The van der Waals surface area contributed by atoms with E-state index in [4.69, 9.17) is 0 Å². The van der Waals surface area contributed by atoms with Gasteiger partial charge in [-0.25, -0.2) is 4.79 Å². The van der Waals surface area contributed by atoms with Crippen LogP contribution in [0.3, 0.4) is 0 Å². The highest BCUT2D eigenvalue weighted by Gasteiger charge is 2.33. The van der Waals surface area contributed by atoms with Gasteiger partial charge in [0.15, 0.2) is 0 Å². The Hall–Kier alpha value is -3.71. The normalized spacial score (nSPS) is 19.1. The summed E-state index contributed by atoms with van der Waals surface area (Å²) >= 11 is 0. The van der Waals surface area contributed by atoms with Gasteiger partial charge in [-0.1, -0.05) is 72.8 Å². The van der Waals surface area contributed by atoms with Crippen LogP contribution in [0.4, 0.5) is 0 Å². The molecule has 0 spiro atoms. The van der Waals surface area contributed by atoms with Gasteiger partial charge >= 0.3 is 5.97 Å². The van der Waals surface area contributed by atoms with Gasteiger partial charge < -0.3 is 20.6 Å². The monoisotopic (exact) mass is 515 g/mol. The third kappa shape index (κ3) is 6.78. The van der Waals surface area contributed by atoms with Crippen LogP contribution >= 0.6 is 0 Å². The van der Waals surface area contributed by atoms with Crippen molar-refractivity contribution in [1.82, 2.24) is 15.5 Å². The van der Waals surface area contributed by atoms with Crippen LogP contribution < -0.4 is 10.6 Å². The van der Waals surface area contributed by atoms with Crippen LogP contribution in [0.2, 0.25) is 0 Å². The summed E-state index contributed by atoms with van der Waals surface area (Å²) in [6.45, 7) is 5.54. The SMILES string of the molecule is CC(=O)N[C@@H](CCC(=O)N1CCC(CN[C@H](C)c2cccc3ccccc23)C(c2ccccc2)C1)C(=O)O. The van der Waals surface area contributed by atoms with Crippen molar-refractivity contribution in [2.45, 2.75) is 51.1 Å². The lowest BCUT2D eigenvalue weighted by molar-refractivity contribution is -0.142. The number of amides is 2. The smallest absolute Gasteiger partial charge is 0.326 e. The Bertz CT molecular complexity index is 1260. The molecule has 3 aromatic carbocycles. The number of carbonyl (C=O) groups is 3. The summed E-state index contributed by atoms with van der Waals surface area (Å²) in [5, 5.41) is 18.0. The van der Waals surface area contributed by atoms with E-state index in [0.717, 1.165) is 13.0 Å². The van der Waals surface area contributed by atoms with Gasteiger partial charge in [0.1, 0.15) is 6.04 Å². The quantitative estimate of drug-likeness (QED) is 0.370. The van der Waals surface area contributed by atoms with Crippen molar-refractivity contribution in [2.75, 3.05) is 19.6 Å². The molecule has 1 fully saturated rings. The standard InChI is InChI=1S/C31H37N3O4/c1-21(26-14-8-12-23-11-6-7-13-27(23)26)32-19-25-17-18-34(20-28(25)24-9-4-3-5-10-24)30(36)16-15-29(31(37)38)33-22(2)35/h3-14,21,25,28-29,32H,15-20H2,1-2H3,(H,33,35)(H,37,38)/t21-,25?,28?,29+/m1/s1. The van der Waals surface area contributed by atoms with Crippen molar-refractivity contribution < 1.29 is 19.5 Å². The third-order valence-electron chi connectivity index (χ3n) is 7.63. The zero-order valence-corrected chi connectivity index (χ0v) is 22.1. The molecule has 4 atom stereocenters. The summed E-state index contributed by atoms with van der Waals surface area (Å²) in [5.74, 6) is -1.09. The van der Waals surface area contributed by atoms with E-state index in [0.29, 0.717) is 19.0 Å². The highest BCUT2D eigenvalue weighted by Crippen LogP contribution is 2.33. The molecule has 2 unspecified atom stereocenters. The Balaban J connectivity index is 1.42. The van der Waals surface area contributed by atoms with E-state index in [9.17, 15) is 19.5 Å². The number of hydrogen-bond acceptors (Lipinski definition) is 4. The second-order valence-electron chi connectivity index (χ2n) is 10.2. The molecule has 3 aromatic rings. The minimum Gasteiger partial charge on any atom is -0.480 e. The van der Waals surface area contributed by atoms with E-state index in [1.54, 1.807) is 0 Å². The number of carboxylic acids is 1. The first-order valence-corrected chi connectivity index (χ1v) is 13.4. The zero-order valence-electron chi connectivity index (χ0n) is 22.1. The second kappa shape index (κ2) is 12.7. The van der Waals surface area contributed by atoms with Gasteiger partial charge in [-0.3, -0.25) is 9.59 Å². The average molecular weight is 516 g/mol. The number of benzene rings is 3. The van der Waals surface area contributed by atoms with E-state index in [-0.39, 0.29) is 30.7 Å². The van der Waals surface area contributed by atoms with Crippen LogP contribution in [-0.4, -0.2) is 53.5 Å². The van der Waals surface area contributed by atoms with E-state index in [1.807, 2.05) is 23.1 Å². The van der Waals surface area contributed by atoms with Crippen LogP contribution in [0.1, 0.15) is 56.2 Å². The second-order valence-corrected chi connectivity index (χ2v) is 10.2. The molecule has 3 N–H and O–H groups in total. The number of rotatable bonds is 10. The molecule has 0 aromatic heterocycles. The lowest BCUT2D eigenvalue weighted by Gasteiger charge is -2.40. The van der Waals surface area contributed by atoms with Crippen LogP contribution in [0.25, 0.3) is 10.8 Å². The van der Waals surface area contributed by atoms with E-state index in [1.165, 1.54) is 28.8 Å². The number of carboxylic acid groups (broad SMARTS) is 1. The van der Waals surface area contributed by atoms with Crippen molar-refractivity contribution in [2.24, 2.45) is 5.92 Å². The van der Waals surface area contributed by atoms with E-state index in [2.05, 4.69) is 72.2 Å². The molecule has 200 valence electrons. The Labute approximate surface area is 224 Å². The topological polar surface area (TPSA) is 98.7 Å². The van der Waals surface area contributed by atoms with Gasteiger partial charge in [0.25, 0.3) is 0 Å². The summed E-state index contributed by atoms with van der Waals surface area (Å²) in [5.41, 5.74) is 2.48. The molecule has 4 rings (SSSR count). The van der Waals surface area contributed by atoms with Crippen molar-refractivity contribution >= 4 is 28.6 Å². The molecule has 1 aliphatic heterocycles. The fourth-order valence-electron chi connectivity index (χ4n) is 5.54. The fourth-order valence-corrected chi connectivity index (χ4v) is 5.54. The minimum atomic E-state index is -1.12. The first-order valence-electron chi connectivity index (χ1n) is 13.4. The molecule has 1 saturated heterocycles. The zero-order chi connectivity index (χ0) is 27.1. The number of piperidine rings is 1. The Morgan fingerprint density at radius 1 is 1.00 bits per heavy atom. The largest absolute Gasteiger partial charge is 0.480 e. The summed E-state index contributed by atoms with van der Waals surface area (Å²) < 4.78 is 0. The molecule has 0 radical (unpaired) electrons. The van der Waals surface area contributed by atoms with Crippen molar-refractivity contribution in [3.8, 4) is 0 Å². The highest BCUT2D eigenvalue weighted by molar-refractivity contribution is 5.86. The number of likely N-dealkylation sites (tertiary alicyclic amines) is 1. The molecule has 1 aliphatic rings. The molecule has 0 bridgehead atoms. The predicted molar refractivity (Wildman–Crippen MR) is 149 cm³/mol. The van der Waals surface area contributed by atoms with Crippen molar-refractivity contribution in [3.63, 3.8) is 0 Å². The van der Waals surface area contributed by atoms with Crippen molar-refractivity contribution in [1.29, 1.82) is 0 Å². The number of nitrogens with zero attached hydrogens (tertiary/aromatic N) is 1. The maximum atomic E-state index is 13.1. The van der Waals surface area contributed by atoms with Crippen LogP contribution in [0.15, 0.2) is 72.8 Å². The number of nitrogens with one attached hydrogen (secondary N) is 2. The lowest BCUT2D eigenvalue weighted by Crippen LogP contribution is -2.46. The Morgan fingerprint density at radius 3 is 2.45 bits per heavy atom. The fraction of sp³-hybridized carbons (Fsp3) is 0.387. The number of hydrogen-bond donors (Lipinski definition) is 3. The Morgan fingerprint density at radius 2 is 1.71 bits per heavy atom. The molecule has 7 heteroatoms. The van der Waals surface area contributed by atoms with Crippen LogP contribution in [0, 0.1) is 5.92 Å². The lowest BCUT2D eigenvalue weighted by atomic mass is 9.80. The molecule has 1 heterocycles. The maximum Gasteiger partial charge on any atom is 0.326 e. The first kappa shape index (κ1) is 27.3. The number of fused-ring (bicyclic) bond motifs is 1. The minimum absolute atomic E-state index is 0.0712. The molecule has 38 heavy (non-hydrogen) atoms.